The Morgan fingerprint density at radius 1 is 1.21 bits per heavy atom. The van der Waals surface area contributed by atoms with E-state index in [2.05, 4.69) is 0 Å². The second-order valence-corrected chi connectivity index (χ2v) is 6.38. The van der Waals surface area contributed by atoms with Crippen molar-refractivity contribution >= 4 is 40.6 Å². The Morgan fingerprint density at radius 2 is 1.96 bits per heavy atom. The number of hydrogen-bond donors (Lipinski definition) is 0. The van der Waals surface area contributed by atoms with E-state index < -0.39 is 0 Å². The Kier molecular flexibility index (Phi) is 4.78. The quantitative estimate of drug-likeness (QED) is 0.766. The van der Waals surface area contributed by atoms with Crippen LogP contribution in [0.2, 0.25) is 10.0 Å². The van der Waals surface area contributed by atoms with Gasteiger partial charge in [0.2, 0.25) is 0 Å². The molecule has 124 valence electrons. The van der Waals surface area contributed by atoms with Crippen molar-refractivity contribution in [2.75, 3.05) is 18.1 Å². The van der Waals surface area contributed by atoms with E-state index in [9.17, 15) is 9.59 Å². The highest BCUT2D eigenvalue weighted by molar-refractivity contribution is 6.36. The number of benzene rings is 2. The van der Waals surface area contributed by atoms with E-state index in [4.69, 9.17) is 27.9 Å². The molecule has 0 unspecified atom stereocenters. The zero-order valence-electron chi connectivity index (χ0n) is 13.0. The number of ketones is 1. The van der Waals surface area contributed by atoms with Gasteiger partial charge in [-0.15, -0.1) is 0 Å². The molecule has 3 rings (SSSR count). The first-order valence-electron chi connectivity index (χ1n) is 7.48. The lowest BCUT2D eigenvalue weighted by Gasteiger charge is -2.18. The van der Waals surface area contributed by atoms with Crippen LogP contribution in [-0.2, 0) is 11.2 Å². The van der Waals surface area contributed by atoms with Gasteiger partial charge in [-0.1, -0.05) is 41.4 Å². The summed E-state index contributed by atoms with van der Waals surface area (Å²) in [6.45, 7) is 1.82. The summed E-state index contributed by atoms with van der Waals surface area (Å²) in [5.74, 6) is -0.219. The molecule has 0 N–H and O–H groups in total. The summed E-state index contributed by atoms with van der Waals surface area (Å²) >= 11 is 12.0. The molecule has 1 aliphatic rings. The topological polar surface area (TPSA) is 46.6 Å². The molecular formula is C18H15Cl2NO3. The summed E-state index contributed by atoms with van der Waals surface area (Å²) < 4.78 is 5.57. The molecule has 1 aliphatic heterocycles. The van der Waals surface area contributed by atoms with Crippen LogP contribution in [0.4, 0.5) is 5.69 Å². The van der Waals surface area contributed by atoms with E-state index in [1.807, 2.05) is 24.3 Å². The molecule has 0 aliphatic carbocycles. The number of anilines is 1. The van der Waals surface area contributed by atoms with Crippen molar-refractivity contribution in [1.82, 2.24) is 0 Å². The fourth-order valence-corrected chi connectivity index (χ4v) is 3.33. The number of halogens is 2. The summed E-state index contributed by atoms with van der Waals surface area (Å²) in [5.41, 5.74) is 2.31. The van der Waals surface area contributed by atoms with Crippen LogP contribution in [0.5, 0.6) is 5.75 Å². The van der Waals surface area contributed by atoms with Gasteiger partial charge < -0.3 is 9.64 Å². The molecule has 2 aromatic carbocycles. The van der Waals surface area contributed by atoms with Crippen molar-refractivity contribution in [3.63, 3.8) is 0 Å². The largest absolute Gasteiger partial charge is 0.481 e. The molecule has 0 bridgehead atoms. The molecule has 6 heteroatoms. The monoisotopic (exact) mass is 363 g/mol. The van der Waals surface area contributed by atoms with Crippen LogP contribution >= 0.6 is 23.2 Å². The average molecular weight is 364 g/mol. The summed E-state index contributed by atoms with van der Waals surface area (Å²) in [6, 6.07) is 10.7. The normalized spacial score (nSPS) is 12.9. The first kappa shape index (κ1) is 16.8. The zero-order chi connectivity index (χ0) is 17.3. The lowest BCUT2D eigenvalue weighted by molar-refractivity contribution is -0.120. The van der Waals surface area contributed by atoms with Crippen molar-refractivity contribution in [3.05, 3.63) is 57.6 Å². The van der Waals surface area contributed by atoms with Gasteiger partial charge in [-0.3, -0.25) is 9.59 Å². The van der Waals surface area contributed by atoms with Gasteiger partial charge in [-0.25, -0.2) is 0 Å². The molecule has 1 heterocycles. The molecule has 2 aromatic rings. The van der Waals surface area contributed by atoms with Crippen LogP contribution in [0.15, 0.2) is 36.4 Å². The average Bonchev–Trinajstić information content (AvgIpc) is 2.97. The van der Waals surface area contributed by atoms with Gasteiger partial charge in [0.25, 0.3) is 5.91 Å². The third-order valence-corrected chi connectivity index (χ3v) is 4.41. The lowest BCUT2D eigenvalue weighted by atomic mass is 10.1. The summed E-state index contributed by atoms with van der Waals surface area (Å²) in [6.07, 6.45) is 0.822. The second-order valence-electron chi connectivity index (χ2n) is 5.53. The van der Waals surface area contributed by atoms with Gasteiger partial charge in [0, 0.05) is 17.3 Å². The molecule has 0 fully saturated rings. The summed E-state index contributed by atoms with van der Waals surface area (Å²) in [7, 11) is 0. The van der Waals surface area contributed by atoms with Gasteiger partial charge in [0.1, 0.15) is 5.75 Å². The predicted molar refractivity (Wildman–Crippen MR) is 94.5 cm³/mol. The Hall–Kier alpha value is -2.04. The van der Waals surface area contributed by atoms with Crippen molar-refractivity contribution < 1.29 is 14.3 Å². The molecule has 24 heavy (non-hydrogen) atoms. The number of ether oxygens (including phenoxy) is 1. The van der Waals surface area contributed by atoms with Crippen molar-refractivity contribution in [2.24, 2.45) is 0 Å². The minimum absolute atomic E-state index is 0.180. The van der Waals surface area contributed by atoms with Crippen molar-refractivity contribution in [1.29, 1.82) is 0 Å². The highest BCUT2D eigenvalue weighted by Crippen LogP contribution is 2.33. The third-order valence-electron chi connectivity index (χ3n) is 3.92. The number of rotatable bonds is 4. The Balaban J connectivity index is 1.78. The first-order valence-corrected chi connectivity index (χ1v) is 8.24. The summed E-state index contributed by atoms with van der Waals surface area (Å²) in [5, 5.41) is 0.555. The van der Waals surface area contributed by atoms with Crippen LogP contribution in [0.1, 0.15) is 22.8 Å². The molecule has 0 spiro atoms. The maximum absolute atomic E-state index is 12.5. The molecule has 0 saturated carbocycles. The number of Topliss-reactive ketones (excluding diaryl/α,β-unsaturated/α-hetero) is 1. The molecule has 0 saturated heterocycles. The van der Waals surface area contributed by atoms with Crippen LogP contribution in [0, 0.1) is 0 Å². The standard InChI is InChI=1S/C18H15Cl2NO3/c1-11(22)14-8-13(19)9-15(20)18(14)24-10-17(23)21-7-6-12-4-2-3-5-16(12)21/h2-5,8-9H,6-7,10H2,1H3. The van der Waals surface area contributed by atoms with Crippen molar-refractivity contribution in [3.8, 4) is 5.75 Å². The van der Waals surface area contributed by atoms with E-state index in [1.165, 1.54) is 19.1 Å². The predicted octanol–water partition coefficient (Wildman–Crippen LogP) is 4.16. The summed E-state index contributed by atoms with van der Waals surface area (Å²) in [4.78, 5) is 25.9. The van der Waals surface area contributed by atoms with Gasteiger partial charge in [-0.2, -0.15) is 0 Å². The molecule has 0 radical (unpaired) electrons. The fourth-order valence-electron chi connectivity index (χ4n) is 2.78. The van der Waals surface area contributed by atoms with Gasteiger partial charge in [0.15, 0.2) is 12.4 Å². The van der Waals surface area contributed by atoms with E-state index >= 15 is 0 Å². The van der Waals surface area contributed by atoms with Gasteiger partial charge in [-0.05, 0) is 37.1 Å². The van der Waals surface area contributed by atoms with E-state index in [0.717, 1.165) is 17.7 Å². The highest BCUT2D eigenvalue weighted by atomic mass is 35.5. The van der Waals surface area contributed by atoms with Crippen LogP contribution < -0.4 is 9.64 Å². The Bertz CT molecular complexity index is 820. The number of para-hydroxylation sites is 1. The number of amides is 1. The number of nitrogens with zero attached hydrogens (tertiary/aromatic N) is 1. The van der Waals surface area contributed by atoms with Crippen molar-refractivity contribution in [2.45, 2.75) is 13.3 Å². The number of hydrogen-bond acceptors (Lipinski definition) is 3. The van der Waals surface area contributed by atoms with Crippen LogP contribution in [-0.4, -0.2) is 24.8 Å². The molecule has 0 atom stereocenters. The smallest absolute Gasteiger partial charge is 0.264 e. The molecule has 4 nitrogen and oxygen atoms in total. The molecular weight excluding hydrogens is 349 g/mol. The third kappa shape index (κ3) is 3.25. The lowest BCUT2D eigenvalue weighted by Crippen LogP contribution is -2.33. The maximum atomic E-state index is 12.5. The maximum Gasteiger partial charge on any atom is 0.264 e. The first-order chi connectivity index (χ1) is 11.5. The second kappa shape index (κ2) is 6.83. The van der Waals surface area contributed by atoms with E-state index in [1.54, 1.807) is 4.90 Å². The minimum Gasteiger partial charge on any atom is -0.481 e. The Labute approximate surface area is 149 Å². The fraction of sp³-hybridized carbons (Fsp3) is 0.222. The Morgan fingerprint density at radius 3 is 2.71 bits per heavy atom. The van der Waals surface area contributed by atoms with Gasteiger partial charge >= 0.3 is 0 Å². The molecule has 0 aromatic heterocycles. The van der Waals surface area contributed by atoms with E-state index in [0.29, 0.717) is 11.6 Å². The minimum atomic E-state index is -0.228. The number of carbonyl (C=O) groups excluding carboxylic acids is 2. The van der Waals surface area contributed by atoms with Crippen LogP contribution in [0.25, 0.3) is 0 Å². The SMILES string of the molecule is CC(=O)c1cc(Cl)cc(Cl)c1OCC(=O)N1CCc2ccccc21. The highest BCUT2D eigenvalue weighted by Gasteiger charge is 2.25. The van der Waals surface area contributed by atoms with Crippen LogP contribution in [0.3, 0.4) is 0 Å². The zero-order valence-corrected chi connectivity index (χ0v) is 14.5. The van der Waals surface area contributed by atoms with E-state index in [-0.39, 0.29) is 34.6 Å². The number of carbonyl (C=O) groups is 2. The van der Waals surface area contributed by atoms with Gasteiger partial charge in [0.05, 0.1) is 10.6 Å². The number of fused-ring (bicyclic) bond motifs is 1. The molecule has 1 amide bonds.